The molecule has 1 aliphatic heterocycles. The molecular weight excluding hydrogens is 384 g/mol. The fraction of sp³-hybridized carbons (Fsp3) is 0.318. The van der Waals surface area contributed by atoms with Gasteiger partial charge in [-0.05, 0) is 37.1 Å². The maximum Gasteiger partial charge on any atom is 0.263 e. The molecule has 1 aliphatic rings. The Balaban J connectivity index is 1.65. The fourth-order valence-electron chi connectivity index (χ4n) is 4.00. The standard InChI is InChI=1S/C22H24N4O2S/c1-22(11-6-12-26(13-22)21(28)14-7-4-3-5-8-14)16-10-9-15-17(23)18(19(27)24-2)29-20(15)25-16/h3-5,7-10H,6,11-13,23H2,1-2H3,(H,24,27)/t22-/m1/s1. The van der Waals surface area contributed by atoms with E-state index in [0.29, 0.717) is 22.7 Å². The summed E-state index contributed by atoms with van der Waals surface area (Å²) in [5, 5.41) is 3.42. The predicted octanol–water partition coefficient (Wildman–Crippen LogP) is 3.43. The van der Waals surface area contributed by atoms with Crippen LogP contribution in [0, 0.1) is 0 Å². The number of benzene rings is 1. The van der Waals surface area contributed by atoms with E-state index in [9.17, 15) is 9.59 Å². The summed E-state index contributed by atoms with van der Waals surface area (Å²) in [7, 11) is 1.59. The van der Waals surface area contributed by atoms with Crippen LogP contribution in [0.4, 0.5) is 5.69 Å². The third-order valence-electron chi connectivity index (χ3n) is 5.65. The Morgan fingerprint density at radius 1 is 1.21 bits per heavy atom. The summed E-state index contributed by atoms with van der Waals surface area (Å²) in [6.07, 6.45) is 1.87. The maximum absolute atomic E-state index is 12.9. The first kappa shape index (κ1) is 19.4. The molecule has 0 bridgehead atoms. The molecule has 0 aliphatic carbocycles. The van der Waals surface area contributed by atoms with Gasteiger partial charge in [-0.2, -0.15) is 0 Å². The van der Waals surface area contributed by atoms with Crippen LogP contribution in [0.5, 0.6) is 0 Å². The summed E-state index contributed by atoms with van der Waals surface area (Å²) < 4.78 is 0. The van der Waals surface area contributed by atoms with Crippen LogP contribution in [0.25, 0.3) is 10.2 Å². The number of likely N-dealkylation sites (tertiary alicyclic amines) is 1. The van der Waals surface area contributed by atoms with E-state index >= 15 is 0 Å². The number of nitrogens with two attached hydrogens (primary N) is 1. The van der Waals surface area contributed by atoms with Crippen LogP contribution in [0.15, 0.2) is 42.5 Å². The molecule has 0 spiro atoms. The SMILES string of the molecule is CNC(=O)c1sc2nc([C@]3(C)CCCN(C(=O)c4ccccc4)C3)ccc2c1N. The van der Waals surface area contributed by atoms with E-state index in [1.807, 2.05) is 47.4 Å². The van der Waals surface area contributed by atoms with Crippen molar-refractivity contribution < 1.29 is 9.59 Å². The quantitative estimate of drug-likeness (QED) is 0.695. The van der Waals surface area contributed by atoms with Crippen molar-refractivity contribution in [3.63, 3.8) is 0 Å². The normalized spacial score (nSPS) is 19.3. The first-order valence-electron chi connectivity index (χ1n) is 9.69. The Hall–Kier alpha value is -2.93. The first-order chi connectivity index (χ1) is 13.9. The van der Waals surface area contributed by atoms with E-state index in [0.717, 1.165) is 35.3 Å². The number of hydrogen-bond acceptors (Lipinski definition) is 5. The van der Waals surface area contributed by atoms with E-state index in [1.165, 1.54) is 11.3 Å². The van der Waals surface area contributed by atoms with Crippen molar-refractivity contribution in [3.8, 4) is 0 Å². The molecule has 3 aromatic rings. The number of nitrogens with one attached hydrogen (secondary N) is 1. The summed E-state index contributed by atoms with van der Waals surface area (Å²) in [5.41, 5.74) is 8.02. The minimum atomic E-state index is -0.247. The number of amides is 2. The number of carbonyl (C=O) groups is 2. The zero-order valence-electron chi connectivity index (χ0n) is 16.6. The van der Waals surface area contributed by atoms with Gasteiger partial charge in [-0.25, -0.2) is 4.98 Å². The zero-order chi connectivity index (χ0) is 20.6. The first-order valence-corrected chi connectivity index (χ1v) is 10.5. The molecule has 0 saturated carbocycles. The lowest BCUT2D eigenvalue weighted by atomic mass is 9.78. The lowest BCUT2D eigenvalue weighted by molar-refractivity contribution is 0.0648. The van der Waals surface area contributed by atoms with Gasteiger partial charge in [-0.1, -0.05) is 25.1 Å². The molecule has 0 unspecified atom stereocenters. The van der Waals surface area contributed by atoms with E-state index in [-0.39, 0.29) is 17.2 Å². The summed E-state index contributed by atoms with van der Waals surface area (Å²) in [4.78, 5) is 33.0. The highest BCUT2D eigenvalue weighted by Gasteiger charge is 2.36. The number of rotatable bonds is 3. The van der Waals surface area contributed by atoms with Gasteiger partial charge in [0.15, 0.2) is 0 Å². The molecule has 29 heavy (non-hydrogen) atoms. The molecule has 150 valence electrons. The van der Waals surface area contributed by atoms with Crippen LogP contribution in [0.2, 0.25) is 0 Å². The zero-order valence-corrected chi connectivity index (χ0v) is 17.4. The minimum absolute atomic E-state index is 0.0554. The molecule has 1 saturated heterocycles. The third kappa shape index (κ3) is 3.46. The third-order valence-corrected chi connectivity index (χ3v) is 6.76. The number of fused-ring (bicyclic) bond motifs is 1. The van der Waals surface area contributed by atoms with Gasteiger partial charge in [0.05, 0.1) is 5.69 Å². The summed E-state index contributed by atoms with van der Waals surface area (Å²) >= 11 is 1.31. The largest absolute Gasteiger partial charge is 0.397 e. The summed E-state index contributed by atoms with van der Waals surface area (Å²) in [6.45, 7) is 3.52. The number of aromatic nitrogens is 1. The van der Waals surface area contributed by atoms with Crippen molar-refractivity contribution in [1.29, 1.82) is 0 Å². The van der Waals surface area contributed by atoms with Crippen LogP contribution in [-0.4, -0.2) is 41.8 Å². The number of piperidine rings is 1. The summed E-state index contributed by atoms with van der Waals surface area (Å²) in [6, 6.07) is 13.3. The van der Waals surface area contributed by atoms with Crippen LogP contribution >= 0.6 is 11.3 Å². The Bertz CT molecular complexity index is 1080. The number of pyridine rings is 1. The smallest absolute Gasteiger partial charge is 0.263 e. The van der Waals surface area contributed by atoms with Crippen molar-refractivity contribution in [2.45, 2.75) is 25.2 Å². The molecule has 2 aromatic heterocycles. The van der Waals surface area contributed by atoms with E-state index < -0.39 is 0 Å². The molecule has 1 fully saturated rings. The molecule has 0 radical (unpaired) electrons. The molecule has 3 N–H and O–H groups in total. The van der Waals surface area contributed by atoms with Gasteiger partial charge in [0.2, 0.25) is 0 Å². The second-order valence-electron chi connectivity index (χ2n) is 7.73. The molecular formula is C22H24N4O2S. The number of thiophene rings is 1. The minimum Gasteiger partial charge on any atom is -0.397 e. The van der Waals surface area contributed by atoms with Gasteiger partial charge in [0.1, 0.15) is 9.71 Å². The predicted molar refractivity (Wildman–Crippen MR) is 116 cm³/mol. The second kappa shape index (κ2) is 7.48. The van der Waals surface area contributed by atoms with Crippen molar-refractivity contribution in [2.24, 2.45) is 0 Å². The number of nitrogens with zero attached hydrogens (tertiary/aromatic N) is 2. The van der Waals surface area contributed by atoms with Crippen LogP contribution in [0.1, 0.15) is 45.5 Å². The summed E-state index contributed by atoms with van der Waals surface area (Å²) in [5.74, 6) is -0.143. The molecule has 4 rings (SSSR count). The van der Waals surface area contributed by atoms with Crippen molar-refractivity contribution >= 4 is 39.1 Å². The number of carbonyl (C=O) groups excluding carboxylic acids is 2. The maximum atomic E-state index is 12.9. The van der Waals surface area contributed by atoms with Crippen LogP contribution < -0.4 is 11.1 Å². The second-order valence-corrected chi connectivity index (χ2v) is 8.73. The Morgan fingerprint density at radius 2 is 1.97 bits per heavy atom. The van der Waals surface area contributed by atoms with Crippen molar-refractivity contribution in [1.82, 2.24) is 15.2 Å². The number of nitrogen functional groups attached to an aromatic ring is 1. The lowest BCUT2D eigenvalue weighted by Gasteiger charge is -2.40. The Kier molecular flexibility index (Phi) is 5.00. The number of anilines is 1. The van der Waals surface area contributed by atoms with E-state index in [1.54, 1.807) is 7.05 Å². The van der Waals surface area contributed by atoms with Gasteiger partial charge < -0.3 is 16.0 Å². The average Bonchev–Trinajstić information content (AvgIpc) is 3.09. The highest BCUT2D eigenvalue weighted by Crippen LogP contribution is 2.37. The highest BCUT2D eigenvalue weighted by atomic mass is 32.1. The Labute approximate surface area is 173 Å². The molecule has 2 amide bonds. The van der Waals surface area contributed by atoms with Gasteiger partial charge in [-0.15, -0.1) is 11.3 Å². The molecule has 6 nitrogen and oxygen atoms in total. The Morgan fingerprint density at radius 3 is 2.69 bits per heavy atom. The lowest BCUT2D eigenvalue weighted by Crippen LogP contribution is -2.47. The molecule has 1 atom stereocenters. The monoisotopic (exact) mass is 408 g/mol. The van der Waals surface area contributed by atoms with Gasteiger partial charge in [0.25, 0.3) is 11.8 Å². The van der Waals surface area contributed by atoms with Crippen LogP contribution in [0.3, 0.4) is 0 Å². The highest BCUT2D eigenvalue weighted by molar-refractivity contribution is 7.21. The van der Waals surface area contributed by atoms with Gasteiger partial charge >= 0.3 is 0 Å². The van der Waals surface area contributed by atoms with E-state index in [4.69, 9.17) is 10.7 Å². The number of hydrogen-bond donors (Lipinski definition) is 2. The van der Waals surface area contributed by atoms with Crippen LogP contribution in [-0.2, 0) is 5.41 Å². The average molecular weight is 409 g/mol. The van der Waals surface area contributed by atoms with Gasteiger partial charge in [0, 0.05) is 42.2 Å². The van der Waals surface area contributed by atoms with Crippen molar-refractivity contribution in [3.05, 3.63) is 58.6 Å². The molecule has 7 heteroatoms. The molecule has 3 heterocycles. The molecule has 1 aromatic carbocycles. The topological polar surface area (TPSA) is 88.3 Å². The fourth-order valence-corrected chi connectivity index (χ4v) is 5.04. The van der Waals surface area contributed by atoms with Gasteiger partial charge in [-0.3, -0.25) is 9.59 Å². The van der Waals surface area contributed by atoms with E-state index in [2.05, 4.69) is 12.2 Å². The van der Waals surface area contributed by atoms with Crippen molar-refractivity contribution in [2.75, 3.05) is 25.9 Å².